The molecule has 6 heteroatoms. The zero-order valence-electron chi connectivity index (χ0n) is 15.1. The lowest BCUT2D eigenvalue weighted by Gasteiger charge is -2.29. The third kappa shape index (κ3) is 6.11. The number of likely N-dealkylation sites (tertiary alicyclic amines) is 1. The lowest BCUT2D eigenvalue weighted by atomic mass is 10.1. The minimum absolute atomic E-state index is 0. The van der Waals surface area contributed by atoms with Crippen LogP contribution in [0.25, 0.3) is 0 Å². The summed E-state index contributed by atoms with van der Waals surface area (Å²) in [6, 6.07) is 11.2. The van der Waals surface area contributed by atoms with Gasteiger partial charge in [-0.05, 0) is 44.3 Å². The molecule has 3 rings (SSSR count). The normalized spacial score (nSPS) is 22.4. The number of benzene rings is 1. The van der Waals surface area contributed by atoms with Crippen molar-refractivity contribution in [1.82, 2.24) is 15.5 Å². The molecule has 25 heavy (non-hydrogen) atoms. The molecule has 1 aromatic carbocycles. The van der Waals surface area contributed by atoms with Gasteiger partial charge in [0.05, 0.1) is 12.1 Å². The molecule has 0 aliphatic carbocycles. The van der Waals surface area contributed by atoms with Crippen molar-refractivity contribution < 1.29 is 4.74 Å². The molecule has 0 saturated carbocycles. The van der Waals surface area contributed by atoms with Gasteiger partial charge in [0, 0.05) is 26.7 Å². The van der Waals surface area contributed by atoms with Crippen molar-refractivity contribution in [1.29, 1.82) is 0 Å². The van der Waals surface area contributed by atoms with E-state index in [1.807, 2.05) is 7.05 Å². The number of aliphatic imine (C=N–C) groups is 1. The maximum atomic E-state index is 5.67. The molecule has 0 radical (unpaired) electrons. The minimum atomic E-state index is 0. The van der Waals surface area contributed by atoms with Crippen LogP contribution in [0.2, 0.25) is 0 Å². The second-order valence-electron chi connectivity index (χ2n) is 6.64. The molecule has 0 amide bonds. The number of hydrogen-bond donors (Lipinski definition) is 2. The van der Waals surface area contributed by atoms with Crippen molar-refractivity contribution in [3.63, 3.8) is 0 Å². The Morgan fingerprint density at radius 3 is 2.60 bits per heavy atom. The highest BCUT2D eigenvalue weighted by Crippen LogP contribution is 2.24. The predicted molar refractivity (Wildman–Crippen MR) is 114 cm³/mol. The quantitative estimate of drug-likeness (QED) is 0.391. The number of rotatable bonds is 6. The minimum Gasteiger partial charge on any atom is -0.376 e. The Morgan fingerprint density at radius 2 is 1.96 bits per heavy atom. The van der Waals surface area contributed by atoms with Crippen molar-refractivity contribution in [2.24, 2.45) is 4.99 Å². The summed E-state index contributed by atoms with van der Waals surface area (Å²) in [7, 11) is 1.83. The summed E-state index contributed by atoms with van der Waals surface area (Å²) in [6.07, 6.45) is 5.24. The predicted octanol–water partition coefficient (Wildman–Crippen LogP) is 2.79. The molecule has 2 N–H and O–H groups in total. The number of halogens is 1. The van der Waals surface area contributed by atoms with E-state index in [0.29, 0.717) is 12.1 Å². The van der Waals surface area contributed by atoms with Crippen LogP contribution in [0, 0.1) is 0 Å². The summed E-state index contributed by atoms with van der Waals surface area (Å²) in [5.74, 6) is 0.866. The monoisotopic (exact) mass is 458 g/mol. The smallest absolute Gasteiger partial charge is 0.191 e. The third-order valence-electron chi connectivity index (χ3n) is 4.97. The average Bonchev–Trinajstić information content (AvgIpc) is 3.32. The van der Waals surface area contributed by atoms with Gasteiger partial charge in [-0.3, -0.25) is 9.89 Å². The fourth-order valence-electron chi connectivity index (χ4n) is 3.62. The van der Waals surface area contributed by atoms with Gasteiger partial charge in [0.2, 0.25) is 0 Å². The number of nitrogens with one attached hydrogen (secondary N) is 2. The SMILES string of the molecule is CN=C(NCC1CCCO1)NCC(c1ccccc1)N1CCCC1.I. The van der Waals surface area contributed by atoms with E-state index in [0.717, 1.165) is 32.1 Å². The van der Waals surface area contributed by atoms with Gasteiger partial charge in [0.1, 0.15) is 0 Å². The molecule has 2 aliphatic heterocycles. The maximum absolute atomic E-state index is 5.67. The maximum Gasteiger partial charge on any atom is 0.191 e. The molecule has 2 aliphatic rings. The molecule has 0 bridgehead atoms. The summed E-state index contributed by atoms with van der Waals surface area (Å²) < 4.78 is 5.67. The number of ether oxygens (including phenoxy) is 1. The fourth-order valence-corrected chi connectivity index (χ4v) is 3.62. The number of guanidine groups is 1. The fraction of sp³-hybridized carbons (Fsp3) is 0.632. The average molecular weight is 458 g/mol. The van der Waals surface area contributed by atoms with Gasteiger partial charge in [0.25, 0.3) is 0 Å². The number of nitrogens with zero attached hydrogens (tertiary/aromatic N) is 2. The van der Waals surface area contributed by atoms with Crippen LogP contribution in [0.4, 0.5) is 0 Å². The van der Waals surface area contributed by atoms with Gasteiger partial charge in [-0.25, -0.2) is 0 Å². The summed E-state index contributed by atoms with van der Waals surface area (Å²) in [5, 5.41) is 6.91. The molecule has 2 unspecified atom stereocenters. The van der Waals surface area contributed by atoms with E-state index in [1.54, 1.807) is 0 Å². The van der Waals surface area contributed by atoms with Crippen LogP contribution >= 0.6 is 24.0 Å². The molecule has 2 saturated heterocycles. The van der Waals surface area contributed by atoms with Gasteiger partial charge in [-0.1, -0.05) is 30.3 Å². The van der Waals surface area contributed by atoms with Crippen molar-refractivity contribution in [3.05, 3.63) is 35.9 Å². The summed E-state index contributed by atoms with van der Waals surface area (Å²) in [6.45, 7) is 4.96. The molecule has 2 heterocycles. The largest absolute Gasteiger partial charge is 0.376 e. The van der Waals surface area contributed by atoms with Crippen LogP contribution in [0.3, 0.4) is 0 Å². The first-order chi connectivity index (χ1) is 11.9. The first-order valence-electron chi connectivity index (χ1n) is 9.22. The first-order valence-corrected chi connectivity index (χ1v) is 9.22. The van der Waals surface area contributed by atoms with Crippen molar-refractivity contribution in [3.8, 4) is 0 Å². The third-order valence-corrected chi connectivity index (χ3v) is 4.97. The lowest BCUT2D eigenvalue weighted by Crippen LogP contribution is -2.44. The Balaban J connectivity index is 0.00000225. The van der Waals surface area contributed by atoms with E-state index in [-0.39, 0.29) is 24.0 Å². The molecule has 0 spiro atoms. The van der Waals surface area contributed by atoms with E-state index < -0.39 is 0 Å². The summed E-state index contributed by atoms with van der Waals surface area (Å²) in [5.41, 5.74) is 1.38. The van der Waals surface area contributed by atoms with E-state index in [9.17, 15) is 0 Å². The second-order valence-corrected chi connectivity index (χ2v) is 6.64. The summed E-state index contributed by atoms with van der Waals surface area (Å²) in [4.78, 5) is 6.94. The Morgan fingerprint density at radius 1 is 1.20 bits per heavy atom. The Kier molecular flexibility index (Phi) is 8.98. The van der Waals surface area contributed by atoms with Gasteiger partial charge in [0.15, 0.2) is 5.96 Å². The molecule has 0 aromatic heterocycles. The molecule has 5 nitrogen and oxygen atoms in total. The van der Waals surface area contributed by atoms with Crippen LogP contribution < -0.4 is 10.6 Å². The highest BCUT2D eigenvalue weighted by molar-refractivity contribution is 14.0. The zero-order chi connectivity index (χ0) is 16.6. The first kappa shape index (κ1) is 20.5. The Hall–Kier alpha value is -0.860. The van der Waals surface area contributed by atoms with Crippen LogP contribution in [-0.4, -0.2) is 56.8 Å². The standard InChI is InChI=1S/C19H30N4O.HI/c1-20-19(21-14-17-10-7-13-24-17)22-15-18(23-11-5-6-12-23)16-8-3-2-4-9-16;/h2-4,8-9,17-18H,5-7,10-15H2,1H3,(H2,20,21,22);1H. The topological polar surface area (TPSA) is 48.9 Å². The molecular formula is C19H31IN4O. The van der Waals surface area contributed by atoms with E-state index in [2.05, 4.69) is 50.9 Å². The lowest BCUT2D eigenvalue weighted by molar-refractivity contribution is 0.113. The van der Waals surface area contributed by atoms with E-state index in [1.165, 1.54) is 37.9 Å². The molecule has 1 aromatic rings. The van der Waals surface area contributed by atoms with Gasteiger partial charge >= 0.3 is 0 Å². The van der Waals surface area contributed by atoms with Crippen molar-refractivity contribution >= 4 is 29.9 Å². The second kappa shape index (κ2) is 11.0. The molecular weight excluding hydrogens is 427 g/mol. The van der Waals surface area contributed by atoms with Gasteiger partial charge in [-0.15, -0.1) is 24.0 Å². The molecule has 2 fully saturated rings. The van der Waals surface area contributed by atoms with Crippen LogP contribution in [0.15, 0.2) is 35.3 Å². The Labute approximate surface area is 168 Å². The van der Waals surface area contributed by atoms with E-state index >= 15 is 0 Å². The van der Waals surface area contributed by atoms with Crippen LogP contribution in [0.1, 0.15) is 37.3 Å². The Bertz CT molecular complexity index is 513. The zero-order valence-corrected chi connectivity index (χ0v) is 17.4. The van der Waals surface area contributed by atoms with Crippen molar-refractivity contribution in [2.45, 2.75) is 37.8 Å². The highest BCUT2D eigenvalue weighted by atomic mass is 127. The van der Waals surface area contributed by atoms with Crippen LogP contribution in [0.5, 0.6) is 0 Å². The van der Waals surface area contributed by atoms with Crippen molar-refractivity contribution in [2.75, 3.05) is 39.8 Å². The molecule has 140 valence electrons. The number of hydrogen-bond acceptors (Lipinski definition) is 3. The molecule has 2 atom stereocenters. The van der Waals surface area contributed by atoms with Gasteiger partial charge in [-0.2, -0.15) is 0 Å². The highest BCUT2D eigenvalue weighted by Gasteiger charge is 2.23. The summed E-state index contributed by atoms with van der Waals surface area (Å²) >= 11 is 0. The van der Waals surface area contributed by atoms with Gasteiger partial charge < -0.3 is 15.4 Å². The van der Waals surface area contributed by atoms with Crippen LogP contribution in [-0.2, 0) is 4.74 Å². The van der Waals surface area contributed by atoms with E-state index in [4.69, 9.17) is 4.74 Å².